The molecule has 9 heteroatoms. The fourth-order valence-corrected chi connectivity index (χ4v) is 5.86. The van der Waals surface area contributed by atoms with E-state index >= 15 is 0 Å². The van der Waals surface area contributed by atoms with Crippen molar-refractivity contribution in [3.63, 3.8) is 0 Å². The SMILES string of the molecule is O=C(C1CC(F)(F)C1)N1CCC2(CC1)C[C@H](CCN1CCN(c3ccc(F)cc3)CC1)OC2=O. The van der Waals surface area contributed by atoms with Crippen LogP contribution < -0.4 is 4.90 Å². The number of halogens is 3. The number of carbonyl (C=O) groups excluding carboxylic acids is 2. The van der Waals surface area contributed by atoms with Gasteiger partial charge in [-0.15, -0.1) is 0 Å². The summed E-state index contributed by atoms with van der Waals surface area (Å²) in [6.07, 6.45) is 1.73. The topological polar surface area (TPSA) is 53.1 Å². The van der Waals surface area contributed by atoms with E-state index in [-0.39, 0.29) is 36.6 Å². The number of ether oxygens (including phenoxy) is 1. The number of nitrogens with zero attached hydrogens (tertiary/aromatic N) is 3. The smallest absolute Gasteiger partial charge is 0.312 e. The minimum Gasteiger partial charge on any atom is -0.462 e. The highest BCUT2D eigenvalue weighted by Gasteiger charge is 2.53. The lowest BCUT2D eigenvalue weighted by Crippen LogP contribution is -2.51. The van der Waals surface area contributed by atoms with Crippen LogP contribution in [0.2, 0.25) is 0 Å². The van der Waals surface area contributed by atoms with Crippen LogP contribution in [0.4, 0.5) is 18.9 Å². The molecular formula is C25H32F3N3O3. The normalized spacial score (nSPS) is 27.0. The van der Waals surface area contributed by atoms with E-state index in [9.17, 15) is 22.8 Å². The van der Waals surface area contributed by atoms with E-state index in [1.807, 2.05) is 12.1 Å². The van der Waals surface area contributed by atoms with Crippen LogP contribution in [-0.2, 0) is 14.3 Å². The van der Waals surface area contributed by atoms with E-state index < -0.39 is 17.3 Å². The van der Waals surface area contributed by atoms with Gasteiger partial charge in [0.25, 0.3) is 0 Å². The molecule has 3 saturated heterocycles. The molecule has 1 spiro atoms. The summed E-state index contributed by atoms with van der Waals surface area (Å²) in [5.74, 6) is -3.86. The monoisotopic (exact) mass is 479 g/mol. The molecule has 4 aliphatic rings. The zero-order valence-corrected chi connectivity index (χ0v) is 19.4. The molecule has 1 amide bonds. The number of esters is 1. The lowest BCUT2D eigenvalue weighted by molar-refractivity contribution is -0.163. The second-order valence-electron chi connectivity index (χ2n) is 10.4. The Bertz CT molecular complexity index is 902. The molecule has 0 N–H and O–H groups in total. The Kier molecular flexibility index (Phi) is 6.25. The average molecular weight is 480 g/mol. The molecule has 3 aliphatic heterocycles. The lowest BCUT2D eigenvalue weighted by Gasteiger charge is -2.41. The van der Waals surface area contributed by atoms with Gasteiger partial charge >= 0.3 is 5.97 Å². The van der Waals surface area contributed by atoms with E-state index in [1.165, 1.54) is 12.1 Å². The van der Waals surface area contributed by atoms with E-state index in [2.05, 4.69) is 9.80 Å². The highest BCUT2D eigenvalue weighted by molar-refractivity contribution is 5.82. The van der Waals surface area contributed by atoms with Crippen LogP contribution in [0, 0.1) is 17.2 Å². The van der Waals surface area contributed by atoms with Crippen molar-refractivity contribution >= 4 is 17.6 Å². The number of piperazine rings is 1. The lowest BCUT2D eigenvalue weighted by atomic mass is 9.74. The number of hydrogen-bond acceptors (Lipinski definition) is 5. The maximum absolute atomic E-state index is 13.1. The zero-order valence-electron chi connectivity index (χ0n) is 19.4. The Hall–Kier alpha value is -2.29. The predicted octanol–water partition coefficient (Wildman–Crippen LogP) is 3.31. The molecule has 0 unspecified atom stereocenters. The van der Waals surface area contributed by atoms with Crippen molar-refractivity contribution in [2.75, 3.05) is 50.7 Å². The first kappa shape index (κ1) is 23.5. The van der Waals surface area contributed by atoms with Crippen molar-refractivity contribution < 1.29 is 27.5 Å². The molecule has 3 heterocycles. The maximum atomic E-state index is 13.1. The Morgan fingerprint density at radius 1 is 0.971 bits per heavy atom. The Balaban J connectivity index is 1.05. The molecule has 4 fully saturated rings. The summed E-state index contributed by atoms with van der Waals surface area (Å²) < 4.78 is 45.1. The predicted molar refractivity (Wildman–Crippen MR) is 120 cm³/mol. The van der Waals surface area contributed by atoms with Crippen LogP contribution in [0.3, 0.4) is 0 Å². The second-order valence-corrected chi connectivity index (χ2v) is 10.4. The summed E-state index contributed by atoms with van der Waals surface area (Å²) in [5, 5.41) is 0. The number of amides is 1. The van der Waals surface area contributed by atoms with Crippen LogP contribution in [0.5, 0.6) is 0 Å². The van der Waals surface area contributed by atoms with Crippen LogP contribution in [0.25, 0.3) is 0 Å². The number of hydrogen-bond donors (Lipinski definition) is 0. The molecule has 0 aromatic heterocycles. The standard InChI is InChI=1S/C25H32F3N3O3/c26-19-1-3-20(4-2-19)30-13-11-29(12-14-30)8-5-21-17-24(23(33)34-21)6-9-31(10-7-24)22(32)18-15-25(27,28)16-18/h1-4,18,21H,5-17H2/t21-/m0/s1. The molecule has 34 heavy (non-hydrogen) atoms. The Morgan fingerprint density at radius 2 is 1.62 bits per heavy atom. The second kappa shape index (κ2) is 9.06. The number of likely N-dealkylation sites (tertiary alicyclic amines) is 1. The van der Waals surface area contributed by atoms with Gasteiger partial charge in [-0.05, 0) is 43.5 Å². The van der Waals surface area contributed by atoms with Crippen LogP contribution in [0.1, 0.15) is 38.5 Å². The number of piperidine rings is 1. The molecule has 1 aliphatic carbocycles. The summed E-state index contributed by atoms with van der Waals surface area (Å²) in [6, 6.07) is 6.59. The third kappa shape index (κ3) is 4.76. The molecule has 6 nitrogen and oxygen atoms in total. The van der Waals surface area contributed by atoms with Crippen LogP contribution >= 0.6 is 0 Å². The van der Waals surface area contributed by atoms with Crippen molar-refractivity contribution in [2.24, 2.45) is 11.3 Å². The number of rotatable bonds is 5. The molecule has 186 valence electrons. The van der Waals surface area contributed by atoms with Gasteiger partial charge in [0.15, 0.2) is 0 Å². The summed E-state index contributed by atoms with van der Waals surface area (Å²) in [5.41, 5.74) is 0.496. The van der Waals surface area contributed by atoms with E-state index in [0.29, 0.717) is 32.4 Å². The van der Waals surface area contributed by atoms with Gasteiger partial charge in [-0.2, -0.15) is 0 Å². The first-order chi connectivity index (χ1) is 16.2. The van der Waals surface area contributed by atoms with Crippen molar-refractivity contribution in [2.45, 2.75) is 50.6 Å². The molecule has 1 saturated carbocycles. The Labute approximate surface area is 198 Å². The third-order valence-corrected chi connectivity index (χ3v) is 8.13. The molecule has 0 bridgehead atoms. The quantitative estimate of drug-likeness (QED) is 0.607. The number of cyclic esters (lactones) is 1. The molecular weight excluding hydrogens is 447 g/mol. The third-order valence-electron chi connectivity index (χ3n) is 8.13. The molecule has 5 rings (SSSR count). The summed E-state index contributed by atoms with van der Waals surface area (Å²) in [6.45, 7) is 5.28. The van der Waals surface area contributed by atoms with Crippen molar-refractivity contribution in [3.05, 3.63) is 30.1 Å². The average Bonchev–Trinajstić information content (AvgIpc) is 3.11. The first-order valence-corrected chi connectivity index (χ1v) is 12.3. The number of benzene rings is 1. The minimum atomic E-state index is -2.70. The molecule has 1 aromatic rings. The largest absolute Gasteiger partial charge is 0.462 e. The van der Waals surface area contributed by atoms with Gasteiger partial charge in [0.1, 0.15) is 11.9 Å². The van der Waals surface area contributed by atoms with E-state index in [0.717, 1.165) is 44.8 Å². The highest BCUT2D eigenvalue weighted by atomic mass is 19.3. The van der Waals surface area contributed by atoms with Crippen molar-refractivity contribution in [1.29, 1.82) is 0 Å². The highest BCUT2D eigenvalue weighted by Crippen LogP contribution is 2.46. The van der Waals surface area contributed by atoms with Crippen LogP contribution in [0.15, 0.2) is 24.3 Å². The van der Waals surface area contributed by atoms with E-state index in [4.69, 9.17) is 4.74 Å². The van der Waals surface area contributed by atoms with Crippen LogP contribution in [-0.4, -0.2) is 79.5 Å². The number of alkyl halides is 2. The first-order valence-electron chi connectivity index (χ1n) is 12.3. The van der Waals surface area contributed by atoms with Gasteiger partial charge in [-0.1, -0.05) is 0 Å². The fraction of sp³-hybridized carbons (Fsp3) is 0.680. The van der Waals surface area contributed by atoms with Gasteiger partial charge in [0.2, 0.25) is 11.8 Å². The Morgan fingerprint density at radius 3 is 2.24 bits per heavy atom. The van der Waals surface area contributed by atoms with Gasteiger partial charge in [-0.25, -0.2) is 13.2 Å². The number of carbonyl (C=O) groups is 2. The van der Waals surface area contributed by atoms with Crippen molar-refractivity contribution in [1.82, 2.24) is 9.80 Å². The zero-order chi connectivity index (χ0) is 23.9. The molecule has 0 radical (unpaired) electrons. The molecule has 1 aromatic carbocycles. The maximum Gasteiger partial charge on any atom is 0.312 e. The van der Waals surface area contributed by atoms with Gasteiger partial charge in [0.05, 0.1) is 5.41 Å². The van der Waals surface area contributed by atoms with Gasteiger partial charge in [0, 0.05) is 76.7 Å². The minimum absolute atomic E-state index is 0.116. The van der Waals surface area contributed by atoms with Gasteiger partial charge in [-0.3, -0.25) is 14.5 Å². The summed E-state index contributed by atoms with van der Waals surface area (Å²) >= 11 is 0. The van der Waals surface area contributed by atoms with E-state index in [1.54, 1.807) is 4.90 Å². The molecule has 1 atom stereocenters. The number of anilines is 1. The van der Waals surface area contributed by atoms with Gasteiger partial charge < -0.3 is 14.5 Å². The van der Waals surface area contributed by atoms with Crippen molar-refractivity contribution in [3.8, 4) is 0 Å². The summed E-state index contributed by atoms with van der Waals surface area (Å²) in [7, 11) is 0. The fourth-order valence-electron chi connectivity index (χ4n) is 5.86. The summed E-state index contributed by atoms with van der Waals surface area (Å²) in [4.78, 5) is 31.5.